The standard InChI is InChI=1S/C14H21N3O4/c1-10(13(18)19)4-3-7-15-14(20)17-9-11-5-6-12(21-2)16-8-11/h5-6,8,10H,3-4,7,9H2,1-2H3,(H,18,19)(H2,15,17,20). The maximum Gasteiger partial charge on any atom is 0.315 e. The summed E-state index contributed by atoms with van der Waals surface area (Å²) in [7, 11) is 1.54. The Balaban J connectivity index is 2.17. The van der Waals surface area contributed by atoms with Gasteiger partial charge < -0.3 is 20.5 Å². The largest absolute Gasteiger partial charge is 0.481 e. The van der Waals surface area contributed by atoms with Gasteiger partial charge >= 0.3 is 12.0 Å². The van der Waals surface area contributed by atoms with Crippen LogP contribution in [0.15, 0.2) is 18.3 Å². The maximum atomic E-state index is 11.5. The predicted molar refractivity (Wildman–Crippen MR) is 77.1 cm³/mol. The highest BCUT2D eigenvalue weighted by atomic mass is 16.5. The molecule has 2 amide bonds. The number of carbonyl (C=O) groups is 2. The number of carboxylic acid groups (broad SMARTS) is 1. The molecule has 0 aliphatic rings. The molecule has 0 fully saturated rings. The van der Waals surface area contributed by atoms with E-state index in [0.717, 1.165) is 5.56 Å². The number of aliphatic carboxylic acids is 1. The van der Waals surface area contributed by atoms with Crippen molar-refractivity contribution in [1.29, 1.82) is 0 Å². The fourth-order valence-electron chi connectivity index (χ4n) is 1.61. The van der Waals surface area contributed by atoms with Gasteiger partial charge in [0, 0.05) is 25.4 Å². The monoisotopic (exact) mass is 295 g/mol. The van der Waals surface area contributed by atoms with Gasteiger partial charge in [0.1, 0.15) is 0 Å². The molecule has 0 saturated heterocycles. The van der Waals surface area contributed by atoms with Gasteiger partial charge in [-0.25, -0.2) is 9.78 Å². The second kappa shape index (κ2) is 8.78. The summed E-state index contributed by atoms with van der Waals surface area (Å²) in [5.74, 6) is -0.678. The average molecular weight is 295 g/mol. The molecule has 0 radical (unpaired) electrons. The van der Waals surface area contributed by atoms with Crippen molar-refractivity contribution in [2.24, 2.45) is 5.92 Å². The molecule has 3 N–H and O–H groups in total. The van der Waals surface area contributed by atoms with Gasteiger partial charge in [-0.2, -0.15) is 0 Å². The van der Waals surface area contributed by atoms with Crippen molar-refractivity contribution in [2.45, 2.75) is 26.3 Å². The number of methoxy groups -OCH3 is 1. The smallest absolute Gasteiger partial charge is 0.315 e. The molecule has 7 heteroatoms. The van der Waals surface area contributed by atoms with E-state index in [1.807, 2.05) is 6.07 Å². The molecule has 21 heavy (non-hydrogen) atoms. The number of hydrogen-bond donors (Lipinski definition) is 3. The van der Waals surface area contributed by atoms with Gasteiger partial charge in [0.15, 0.2) is 0 Å². The molecule has 0 spiro atoms. The molecule has 0 aliphatic heterocycles. The molecular weight excluding hydrogens is 274 g/mol. The Bertz CT molecular complexity index is 462. The van der Waals surface area contributed by atoms with Crippen LogP contribution in [-0.4, -0.2) is 35.7 Å². The lowest BCUT2D eigenvalue weighted by Gasteiger charge is -2.09. The molecule has 1 heterocycles. The summed E-state index contributed by atoms with van der Waals surface area (Å²) >= 11 is 0. The van der Waals surface area contributed by atoms with E-state index >= 15 is 0 Å². The van der Waals surface area contributed by atoms with Crippen LogP contribution >= 0.6 is 0 Å². The summed E-state index contributed by atoms with van der Waals surface area (Å²) in [4.78, 5) is 26.2. The second-order valence-electron chi connectivity index (χ2n) is 4.70. The number of nitrogens with zero attached hydrogens (tertiary/aromatic N) is 1. The number of carboxylic acids is 1. The number of urea groups is 1. The van der Waals surface area contributed by atoms with Crippen LogP contribution in [0.4, 0.5) is 4.79 Å². The van der Waals surface area contributed by atoms with E-state index in [9.17, 15) is 9.59 Å². The van der Waals surface area contributed by atoms with Crippen molar-refractivity contribution < 1.29 is 19.4 Å². The topological polar surface area (TPSA) is 101 Å². The van der Waals surface area contributed by atoms with E-state index < -0.39 is 5.97 Å². The van der Waals surface area contributed by atoms with Crippen molar-refractivity contribution in [1.82, 2.24) is 15.6 Å². The predicted octanol–water partition coefficient (Wildman–Crippen LogP) is 1.39. The summed E-state index contributed by atoms with van der Waals surface area (Å²) in [5, 5.41) is 14.1. The zero-order valence-corrected chi connectivity index (χ0v) is 12.3. The van der Waals surface area contributed by atoms with Crippen molar-refractivity contribution >= 4 is 12.0 Å². The molecule has 1 rings (SSSR count). The zero-order chi connectivity index (χ0) is 15.7. The summed E-state index contributed by atoms with van der Waals surface area (Å²) in [6, 6.07) is 3.26. The fraction of sp³-hybridized carbons (Fsp3) is 0.500. The number of amides is 2. The Labute approximate surface area is 123 Å². The van der Waals surface area contributed by atoms with Crippen LogP contribution in [0, 0.1) is 5.92 Å². The van der Waals surface area contributed by atoms with Crippen LogP contribution in [-0.2, 0) is 11.3 Å². The highest BCUT2D eigenvalue weighted by Gasteiger charge is 2.10. The first kappa shape index (κ1) is 16.7. The first-order valence-corrected chi connectivity index (χ1v) is 6.76. The molecule has 116 valence electrons. The second-order valence-corrected chi connectivity index (χ2v) is 4.70. The fourth-order valence-corrected chi connectivity index (χ4v) is 1.61. The summed E-state index contributed by atoms with van der Waals surface area (Å²) in [5.41, 5.74) is 0.866. The van der Waals surface area contributed by atoms with Crippen molar-refractivity contribution in [3.05, 3.63) is 23.9 Å². The van der Waals surface area contributed by atoms with Gasteiger partial charge in [0.25, 0.3) is 0 Å². The van der Waals surface area contributed by atoms with Crippen LogP contribution < -0.4 is 15.4 Å². The first-order valence-electron chi connectivity index (χ1n) is 6.76. The lowest BCUT2D eigenvalue weighted by Crippen LogP contribution is -2.35. The number of aromatic nitrogens is 1. The van der Waals surface area contributed by atoms with Gasteiger partial charge in [-0.05, 0) is 18.4 Å². The van der Waals surface area contributed by atoms with Gasteiger partial charge in [-0.15, -0.1) is 0 Å². The van der Waals surface area contributed by atoms with Crippen LogP contribution in [0.2, 0.25) is 0 Å². The van der Waals surface area contributed by atoms with E-state index in [2.05, 4.69) is 15.6 Å². The first-order chi connectivity index (χ1) is 10.0. The maximum absolute atomic E-state index is 11.5. The SMILES string of the molecule is COc1ccc(CNC(=O)NCCCC(C)C(=O)O)cn1. The molecule has 7 nitrogen and oxygen atoms in total. The van der Waals surface area contributed by atoms with Gasteiger partial charge in [-0.3, -0.25) is 4.79 Å². The Kier molecular flexibility index (Phi) is 7.00. The lowest BCUT2D eigenvalue weighted by molar-refractivity contribution is -0.141. The number of carbonyl (C=O) groups excluding carboxylic acids is 1. The molecule has 1 aromatic heterocycles. The van der Waals surface area contributed by atoms with Crippen LogP contribution in [0.25, 0.3) is 0 Å². The molecule has 1 aromatic rings. The third kappa shape index (κ3) is 6.60. The Hall–Kier alpha value is -2.31. The molecular formula is C14H21N3O4. The number of hydrogen-bond acceptors (Lipinski definition) is 4. The molecule has 0 bridgehead atoms. The van der Waals surface area contributed by atoms with Gasteiger partial charge in [0.2, 0.25) is 5.88 Å². The van der Waals surface area contributed by atoms with Crippen molar-refractivity contribution in [3.8, 4) is 5.88 Å². The molecule has 0 saturated carbocycles. The number of nitrogens with one attached hydrogen (secondary N) is 2. The number of ether oxygens (including phenoxy) is 1. The normalized spacial score (nSPS) is 11.5. The van der Waals surface area contributed by atoms with E-state index in [1.54, 1.807) is 26.3 Å². The molecule has 1 unspecified atom stereocenters. The zero-order valence-electron chi connectivity index (χ0n) is 12.3. The van der Waals surface area contributed by atoms with Crippen LogP contribution in [0.1, 0.15) is 25.3 Å². The van der Waals surface area contributed by atoms with Crippen molar-refractivity contribution in [2.75, 3.05) is 13.7 Å². The molecule has 0 aliphatic carbocycles. The lowest BCUT2D eigenvalue weighted by atomic mass is 10.1. The minimum absolute atomic E-state index is 0.284. The average Bonchev–Trinajstić information content (AvgIpc) is 2.49. The quantitative estimate of drug-likeness (QED) is 0.629. The highest BCUT2D eigenvalue weighted by Crippen LogP contribution is 2.06. The minimum atomic E-state index is -0.813. The van der Waals surface area contributed by atoms with E-state index in [0.29, 0.717) is 31.8 Å². The van der Waals surface area contributed by atoms with E-state index in [4.69, 9.17) is 9.84 Å². The third-order valence-electron chi connectivity index (χ3n) is 2.98. The highest BCUT2D eigenvalue weighted by molar-refractivity contribution is 5.73. The summed E-state index contributed by atoms with van der Waals surface area (Å²) in [6.07, 6.45) is 2.80. The summed E-state index contributed by atoms with van der Waals surface area (Å²) in [6.45, 7) is 2.47. The van der Waals surface area contributed by atoms with Gasteiger partial charge in [0.05, 0.1) is 13.0 Å². The number of rotatable bonds is 8. The van der Waals surface area contributed by atoms with Crippen LogP contribution in [0.5, 0.6) is 5.88 Å². The van der Waals surface area contributed by atoms with E-state index in [1.165, 1.54) is 0 Å². The summed E-state index contributed by atoms with van der Waals surface area (Å²) < 4.78 is 4.94. The van der Waals surface area contributed by atoms with Crippen molar-refractivity contribution in [3.63, 3.8) is 0 Å². The Morgan fingerprint density at radius 2 is 2.14 bits per heavy atom. The Morgan fingerprint density at radius 3 is 2.71 bits per heavy atom. The molecule has 1 atom stereocenters. The van der Waals surface area contributed by atoms with Crippen LogP contribution in [0.3, 0.4) is 0 Å². The minimum Gasteiger partial charge on any atom is -0.481 e. The van der Waals surface area contributed by atoms with Gasteiger partial charge in [-0.1, -0.05) is 13.0 Å². The molecule has 0 aromatic carbocycles. The van der Waals surface area contributed by atoms with E-state index in [-0.39, 0.29) is 11.9 Å². The third-order valence-corrected chi connectivity index (χ3v) is 2.98. The Morgan fingerprint density at radius 1 is 1.38 bits per heavy atom. The number of pyridine rings is 1.